The zero-order valence-electron chi connectivity index (χ0n) is 18.7. The maximum atomic E-state index is 4.84. The summed E-state index contributed by atoms with van der Waals surface area (Å²) in [6.07, 6.45) is 11.8. The lowest BCUT2D eigenvalue weighted by Crippen LogP contribution is -2.25. The molecule has 1 aromatic rings. The zero-order chi connectivity index (χ0) is 21.6. The molecule has 0 unspecified atom stereocenters. The fourth-order valence-corrected chi connectivity index (χ4v) is 2.98. The van der Waals surface area contributed by atoms with Crippen LogP contribution < -0.4 is 5.32 Å². The summed E-state index contributed by atoms with van der Waals surface area (Å²) in [5.41, 5.74) is 4.42. The van der Waals surface area contributed by atoms with Crippen LogP contribution in [0.5, 0.6) is 0 Å². The van der Waals surface area contributed by atoms with Crippen LogP contribution in [-0.4, -0.2) is 37.9 Å². The van der Waals surface area contributed by atoms with Crippen LogP contribution in [0.25, 0.3) is 6.08 Å². The van der Waals surface area contributed by atoms with Gasteiger partial charge in [-0.1, -0.05) is 50.8 Å². The number of amidine groups is 1. The van der Waals surface area contributed by atoms with Crippen LogP contribution in [0.3, 0.4) is 0 Å². The van der Waals surface area contributed by atoms with Crippen molar-refractivity contribution in [2.24, 2.45) is 4.99 Å². The Hall–Kier alpha value is -2.04. The highest BCUT2D eigenvalue weighted by atomic mass is 32.1. The molecule has 2 rings (SSSR count). The average molecular weight is 412 g/mol. The molecule has 0 atom stereocenters. The van der Waals surface area contributed by atoms with Crippen molar-refractivity contribution in [1.82, 2.24) is 10.2 Å². The Morgan fingerprint density at radius 1 is 1.17 bits per heavy atom. The van der Waals surface area contributed by atoms with Gasteiger partial charge in [-0.25, -0.2) is 0 Å². The van der Waals surface area contributed by atoms with Crippen LogP contribution in [0.1, 0.15) is 45.6 Å². The van der Waals surface area contributed by atoms with E-state index in [1.54, 1.807) is 0 Å². The maximum Gasteiger partial charge on any atom is 0.132 e. The van der Waals surface area contributed by atoms with Gasteiger partial charge in [0.15, 0.2) is 0 Å². The van der Waals surface area contributed by atoms with Crippen LogP contribution in [0.2, 0.25) is 0 Å². The number of hydrogen-bond donors (Lipinski definition) is 2. The second-order valence-electron chi connectivity index (χ2n) is 7.04. The third-order valence-corrected chi connectivity index (χ3v) is 4.63. The molecule has 0 aromatic heterocycles. The lowest BCUT2D eigenvalue weighted by Gasteiger charge is -2.18. The molecule has 4 heteroatoms. The van der Waals surface area contributed by atoms with Gasteiger partial charge in [-0.05, 0) is 76.2 Å². The van der Waals surface area contributed by atoms with Crippen molar-refractivity contribution < 1.29 is 0 Å². The van der Waals surface area contributed by atoms with Gasteiger partial charge in [-0.3, -0.25) is 4.99 Å². The van der Waals surface area contributed by atoms with Gasteiger partial charge in [0.1, 0.15) is 5.84 Å². The molecule has 29 heavy (non-hydrogen) atoms. The lowest BCUT2D eigenvalue weighted by molar-refractivity contribution is 0.403. The van der Waals surface area contributed by atoms with Crippen molar-refractivity contribution in [2.75, 3.05) is 27.2 Å². The number of nitrogens with zero attached hydrogens (tertiary/aromatic N) is 2. The van der Waals surface area contributed by atoms with E-state index >= 15 is 0 Å². The van der Waals surface area contributed by atoms with E-state index in [1.165, 1.54) is 11.1 Å². The van der Waals surface area contributed by atoms with Crippen molar-refractivity contribution in [3.05, 3.63) is 71.5 Å². The standard InChI is InChI=1S/C23H31N3S.C2H6/c1-18-8-5-6-9-22(18)23(24-16-7-17-26(3)4)25-19(2)10-11-20-12-14-21(27)15-13-20;1-2/h8-15,27H,2,5-7,16-17H2,1,3-4H3,(H,24,25);1-2H3/b11-10+;. The molecule has 0 heterocycles. The van der Waals surface area contributed by atoms with Crippen molar-refractivity contribution in [3.8, 4) is 0 Å². The van der Waals surface area contributed by atoms with Crippen LogP contribution >= 0.6 is 12.6 Å². The second kappa shape index (κ2) is 14.0. The van der Waals surface area contributed by atoms with E-state index in [0.717, 1.165) is 54.3 Å². The Morgan fingerprint density at radius 3 is 2.45 bits per heavy atom. The molecule has 158 valence electrons. The molecule has 0 radical (unpaired) electrons. The minimum absolute atomic E-state index is 0.797. The van der Waals surface area contributed by atoms with E-state index in [-0.39, 0.29) is 0 Å². The summed E-state index contributed by atoms with van der Waals surface area (Å²) in [6.45, 7) is 12.1. The molecule has 1 N–H and O–H groups in total. The van der Waals surface area contributed by atoms with Crippen molar-refractivity contribution in [3.63, 3.8) is 0 Å². The molecule has 0 saturated carbocycles. The van der Waals surface area contributed by atoms with Gasteiger partial charge >= 0.3 is 0 Å². The third kappa shape index (κ3) is 9.82. The molecule has 0 bridgehead atoms. The Balaban J connectivity index is 0.00000204. The van der Waals surface area contributed by atoms with E-state index in [2.05, 4.69) is 62.6 Å². The zero-order valence-corrected chi connectivity index (χ0v) is 19.6. The summed E-state index contributed by atoms with van der Waals surface area (Å²) in [6, 6.07) is 8.05. The van der Waals surface area contributed by atoms with E-state index in [1.807, 2.05) is 50.3 Å². The number of aliphatic imine (C=N–C) groups is 1. The highest BCUT2D eigenvalue weighted by Crippen LogP contribution is 2.19. The molecule has 0 aliphatic heterocycles. The molecule has 0 spiro atoms. The van der Waals surface area contributed by atoms with Crippen molar-refractivity contribution in [2.45, 2.75) is 44.9 Å². The first kappa shape index (κ1) is 25.0. The van der Waals surface area contributed by atoms with E-state index < -0.39 is 0 Å². The Kier molecular flexibility index (Phi) is 12.1. The highest BCUT2D eigenvalue weighted by molar-refractivity contribution is 7.80. The first-order valence-corrected chi connectivity index (χ1v) is 10.9. The summed E-state index contributed by atoms with van der Waals surface area (Å²) in [7, 11) is 4.18. The van der Waals surface area contributed by atoms with Gasteiger partial charge < -0.3 is 10.2 Å². The van der Waals surface area contributed by atoms with Crippen LogP contribution in [0.15, 0.2) is 75.8 Å². The van der Waals surface area contributed by atoms with Crippen molar-refractivity contribution in [1.29, 1.82) is 0 Å². The highest BCUT2D eigenvalue weighted by Gasteiger charge is 2.12. The fourth-order valence-electron chi connectivity index (χ4n) is 2.83. The maximum absolute atomic E-state index is 4.84. The van der Waals surface area contributed by atoms with Gasteiger partial charge in [0.05, 0.1) is 0 Å². The molecule has 3 nitrogen and oxygen atoms in total. The van der Waals surface area contributed by atoms with Gasteiger partial charge in [0.25, 0.3) is 0 Å². The second-order valence-corrected chi connectivity index (χ2v) is 7.56. The largest absolute Gasteiger partial charge is 0.341 e. The molecular weight excluding hydrogens is 374 g/mol. The van der Waals surface area contributed by atoms with E-state index in [4.69, 9.17) is 4.99 Å². The van der Waals surface area contributed by atoms with Crippen LogP contribution in [-0.2, 0) is 0 Å². The summed E-state index contributed by atoms with van der Waals surface area (Å²) in [5.74, 6) is 0.919. The number of nitrogens with one attached hydrogen (secondary N) is 1. The van der Waals surface area contributed by atoms with Gasteiger partial charge in [0, 0.05) is 22.7 Å². The first-order chi connectivity index (χ1) is 14.0. The summed E-state index contributed by atoms with van der Waals surface area (Å²) >= 11 is 4.32. The SMILES string of the molecule is C=C(/C=C/c1ccc(S)cc1)NC(=NCCCN(C)C)C1=CCCC=C1C.CC. The Morgan fingerprint density at radius 2 is 1.83 bits per heavy atom. The molecule has 1 aliphatic rings. The van der Waals surface area contributed by atoms with Gasteiger partial charge in [0.2, 0.25) is 0 Å². The van der Waals surface area contributed by atoms with Gasteiger partial charge in [-0.2, -0.15) is 0 Å². The number of benzene rings is 1. The number of rotatable bonds is 8. The molecular formula is C25H37N3S. The Labute approximate surface area is 183 Å². The minimum atomic E-state index is 0.797. The summed E-state index contributed by atoms with van der Waals surface area (Å²) in [5, 5.41) is 3.42. The monoisotopic (exact) mass is 411 g/mol. The fraction of sp³-hybridized carbons (Fsp3) is 0.400. The van der Waals surface area contributed by atoms with E-state index in [0.29, 0.717) is 0 Å². The Bertz CT molecular complexity index is 753. The molecule has 1 aromatic carbocycles. The molecule has 0 saturated heterocycles. The minimum Gasteiger partial charge on any atom is -0.341 e. The van der Waals surface area contributed by atoms with Crippen LogP contribution in [0, 0.1) is 0 Å². The summed E-state index contributed by atoms with van der Waals surface area (Å²) < 4.78 is 0. The molecule has 0 amide bonds. The summed E-state index contributed by atoms with van der Waals surface area (Å²) in [4.78, 5) is 7.99. The molecule has 1 aliphatic carbocycles. The quantitative estimate of drug-likeness (QED) is 0.177. The van der Waals surface area contributed by atoms with E-state index in [9.17, 15) is 0 Å². The first-order valence-electron chi connectivity index (χ1n) is 10.5. The third-order valence-electron chi connectivity index (χ3n) is 4.33. The predicted molar refractivity (Wildman–Crippen MR) is 133 cm³/mol. The lowest BCUT2D eigenvalue weighted by atomic mass is 9.98. The van der Waals surface area contributed by atoms with Gasteiger partial charge in [-0.15, -0.1) is 12.6 Å². The average Bonchev–Trinajstić information content (AvgIpc) is 2.71. The molecule has 0 fully saturated rings. The predicted octanol–water partition coefficient (Wildman–Crippen LogP) is 6.13. The van der Waals surface area contributed by atoms with Crippen LogP contribution in [0.4, 0.5) is 0 Å². The number of hydrogen-bond acceptors (Lipinski definition) is 3. The number of thiol groups is 1. The smallest absolute Gasteiger partial charge is 0.132 e. The van der Waals surface area contributed by atoms with Crippen molar-refractivity contribution >= 4 is 24.5 Å². The normalized spacial score (nSPS) is 14.2. The topological polar surface area (TPSA) is 27.6 Å². The number of allylic oxidation sites excluding steroid dienone is 3.